The second-order valence-corrected chi connectivity index (χ2v) is 5.68. The molecule has 1 aromatic carbocycles. The SMILES string of the molecule is CC(C)c1nc(NC(=O)C(Cc2ccccc2)n2cnnn2)n[nH]1. The lowest BCUT2D eigenvalue weighted by atomic mass is 10.1. The summed E-state index contributed by atoms with van der Waals surface area (Å²) in [4.78, 5) is 16.9. The fourth-order valence-corrected chi connectivity index (χ4v) is 2.24. The molecule has 1 atom stereocenters. The second kappa shape index (κ2) is 6.99. The number of anilines is 1. The number of hydrogen-bond donors (Lipinski definition) is 2. The van der Waals surface area contributed by atoms with Crippen molar-refractivity contribution in [2.45, 2.75) is 32.2 Å². The van der Waals surface area contributed by atoms with Gasteiger partial charge in [0.05, 0.1) is 0 Å². The molecule has 124 valence electrons. The summed E-state index contributed by atoms with van der Waals surface area (Å²) < 4.78 is 1.43. The van der Waals surface area contributed by atoms with E-state index >= 15 is 0 Å². The number of carbonyl (C=O) groups is 1. The van der Waals surface area contributed by atoms with E-state index in [0.29, 0.717) is 12.2 Å². The highest BCUT2D eigenvalue weighted by molar-refractivity contribution is 5.92. The third kappa shape index (κ3) is 3.62. The molecule has 0 saturated carbocycles. The first-order valence-corrected chi connectivity index (χ1v) is 7.63. The summed E-state index contributed by atoms with van der Waals surface area (Å²) in [5.74, 6) is 0.880. The van der Waals surface area contributed by atoms with Crippen LogP contribution in [0.25, 0.3) is 0 Å². The van der Waals surface area contributed by atoms with Gasteiger partial charge in [-0.1, -0.05) is 44.2 Å². The normalized spacial score (nSPS) is 12.3. The van der Waals surface area contributed by atoms with Gasteiger partial charge in [0, 0.05) is 12.3 Å². The molecule has 0 aliphatic heterocycles. The number of benzene rings is 1. The van der Waals surface area contributed by atoms with Crippen molar-refractivity contribution >= 4 is 11.9 Å². The van der Waals surface area contributed by atoms with Gasteiger partial charge in [-0.3, -0.25) is 15.2 Å². The number of tetrazole rings is 1. The lowest BCUT2D eigenvalue weighted by Crippen LogP contribution is -2.28. The molecular formula is C15H18N8O. The molecule has 3 rings (SSSR count). The number of nitrogens with one attached hydrogen (secondary N) is 2. The van der Waals surface area contributed by atoms with Crippen molar-refractivity contribution in [3.05, 3.63) is 48.0 Å². The molecule has 0 saturated heterocycles. The minimum absolute atomic E-state index is 0.197. The minimum Gasteiger partial charge on any atom is -0.291 e. The molecule has 0 aliphatic rings. The van der Waals surface area contributed by atoms with E-state index in [1.165, 1.54) is 11.0 Å². The van der Waals surface area contributed by atoms with Gasteiger partial charge in [0.2, 0.25) is 5.95 Å². The molecular weight excluding hydrogens is 308 g/mol. The molecule has 0 aliphatic carbocycles. The van der Waals surface area contributed by atoms with Crippen molar-refractivity contribution in [3.8, 4) is 0 Å². The summed E-state index contributed by atoms with van der Waals surface area (Å²) in [7, 11) is 0. The van der Waals surface area contributed by atoms with Gasteiger partial charge in [-0.2, -0.15) is 4.98 Å². The van der Waals surface area contributed by atoms with Gasteiger partial charge in [0.15, 0.2) is 0 Å². The fraction of sp³-hybridized carbons (Fsp3) is 0.333. The Morgan fingerprint density at radius 3 is 2.71 bits per heavy atom. The predicted molar refractivity (Wildman–Crippen MR) is 86.1 cm³/mol. The first kappa shape index (κ1) is 15.8. The highest BCUT2D eigenvalue weighted by Gasteiger charge is 2.23. The van der Waals surface area contributed by atoms with Crippen LogP contribution in [0.4, 0.5) is 5.95 Å². The van der Waals surface area contributed by atoms with Crippen LogP contribution >= 0.6 is 0 Å². The van der Waals surface area contributed by atoms with E-state index in [-0.39, 0.29) is 17.8 Å². The monoisotopic (exact) mass is 326 g/mol. The Bertz CT molecular complexity index is 781. The van der Waals surface area contributed by atoms with E-state index in [0.717, 1.165) is 5.56 Å². The van der Waals surface area contributed by atoms with Gasteiger partial charge in [0.25, 0.3) is 5.91 Å². The third-order valence-electron chi connectivity index (χ3n) is 3.54. The molecule has 9 nitrogen and oxygen atoms in total. The smallest absolute Gasteiger partial charge is 0.252 e. The molecule has 2 heterocycles. The molecule has 24 heavy (non-hydrogen) atoms. The number of aromatic amines is 1. The number of carbonyl (C=O) groups excluding carboxylic acids is 1. The largest absolute Gasteiger partial charge is 0.291 e. The van der Waals surface area contributed by atoms with Crippen LogP contribution in [-0.2, 0) is 11.2 Å². The van der Waals surface area contributed by atoms with Gasteiger partial charge in [-0.15, -0.1) is 10.2 Å². The van der Waals surface area contributed by atoms with Crippen LogP contribution in [0.5, 0.6) is 0 Å². The third-order valence-corrected chi connectivity index (χ3v) is 3.54. The zero-order chi connectivity index (χ0) is 16.9. The molecule has 3 aromatic rings. The molecule has 9 heteroatoms. The maximum Gasteiger partial charge on any atom is 0.252 e. The number of rotatable bonds is 6. The summed E-state index contributed by atoms with van der Waals surface area (Å²) in [5.41, 5.74) is 1.01. The van der Waals surface area contributed by atoms with Crippen molar-refractivity contribution < 1.29 is 4.79 Å². The summed E-state index contributed by atoms with van der Waals surface area (Å²) in [6.07, 6.45) is 1.88. The zero-order valence-corrected chi connectivity index (χ0v) is 13.4. The van der Waals surface area contributed by atoms with E-state index in [2.05, 4.69) is 36.0 Å². The highest BCUT2D eigenvalue weighted by atomic mass is 16.2. The van der Waals surface area contributed by atoms with Crippen molar-refractivity contribution in [2.75, 3.05) is 5.32 Å². The molecule has 2 aromatic heterocycles. The van der Waals surface area contributed by atoms with E-state index in [1.807, 2.05) is 44.2 Å². The van der Waals surface area contributed by atoms with Gasteiger partial charge in [0.1, 0.15) is 18.2 Å². The minimum atomic E-state index is -0.594. The fourth-order valence-electron chi connectivity index (χ4n) is 2.24. The van der Waals surface area contributed by atoms with Crippen molar-refractivity contribution in [1.29, 1.82) is 0 Å². The van der Waals surface area contributed by atoms with Gasteiger partial charge in [-0.05, 0) is 16.0 Å². The number of nitrogens with zero attached hydrogens (tertiary/aromatic N) is 6. The molecule has 1 amide bonds. The lowest BCUT2D eigenvalue weighted by Gasteiger charge is -2.15. The standard InChI is InChI=1S/C15H18N8O/c1-10(2)13-17-15(20-19-13)18-14(24)12(23-9-16-21-22-23)8-11-6-4-3-5-7-11/h3-7,9-10,12H,8H2,1-2H3,(H2,17,18,19,20,24). The average molecular weight is 326 g/mol. The number of aromatic nitrogens is 7. The Labute approximate surface area is 138 Å². The van der Waals surface area contributed by atoms with Gasteiger partial charge >= 0.3 is 0 Å². The zero-order valence-electron chi connectivity index (χ0n) is 13.4. The molecule has 0 spiro atoms. The Morgan fingerprint density at radius 2 is 2.08 bits per heavy atom. The Morgan fingerprint density at radius 1 is 1.29 bits per heavy atom. The van der Waals surface area contributed by atoms with Crippen LogP contribution in [0.3, 0.4) is 0 Å². The summed E-state index contributed by atoms with van der Waals surface area (Å²) in [6.45, 7) is 3.98. The Kier molecular flexibility index (Phi) is 4.59. The maximum atomic E-state index is 12.7. The average Bonchev–Trinajstić information content (AvgIpc) is 3.25. The molecule has 1 unspecified atom stereocenters. The molecule has 0 bridgehead atoms. The van der Waals surface area contributed by atoms with E-state index < -0.39 is 6.04 Å². The van der Waals surface area contributed by atoms with Crippen LogP contribution in [0, 0.1) is 0 Å². The first-order chi connectivity index (χ1) is 11.6. The summed E-state index contributed by atoms with van der Waals surface area (Å²) >= 11 is 0. The summed E-state index contributed by atoms with van der Waals surface area (Å²) in [5, 5.41) is 20.6. The Balaban J connectivity index is 1.78. The van der Waals surface area contributed by atoms with E-state index in [1.54, 1.807) is 0 Å². The van der Waals surface area contributed by atoms with Gasteiger partial charge < -0.3 is 0 Å². The Hall–Kier alpha value is -3.10. The number of H-pyrrole nitrogens is 1. The summed E-state index contributed by atoms with van der Waals surface area (Å²) in [6, 6.07) is 9.09. The van der Waals surface area contributed by atoms with Gasteiger partial charge in [-0.25, -0.2) is 4.68 Å². The highest BCUT2D eigenvalue weighted by Crippen LogP contribution is 2.16. The lowest BCUT2D eigenvalue weighted by molar-refractivity contribution is -0.119. The number of amides is 1. The topological polar surface area (TPSA) is 114 Å². The van der Waals surface area contributed by atoms with Crippen LogP contribution in [0.1, 0.15) is 37.2 Å². The van der Waals surface area contributed by atoms with Crippen molar-refractivity contribution in [2.24, 2.45) is 0 Å². The van der Waals surface area contributed by atoms with Crippen LogP contribution < -0.4 is 5.32 Å². The molecule has 0 fully saturated rings. The maximum absolute atomic E-state index is 12.7. The van der Waals surface area contributed by atoms with Crippen LogP contribution in [0.15, 0.2) is 36.7 Å². The van der Waals surface area contributed by atoms with E-state index in [9.17, 15) is 4.79 Å². The first-order valence-electron chi connectivity index (χ1n) is 7.63. The molecule has 0 radical (unpaired) electrons. The number of hydrogen-bond acceptors (Lipinski definition) is 6. The quantitative estimate of drug-likeness (QED) is 0.706. The molecule has 2 N–H and O–H groups in total. The van der Waals surface area contributed by atoms with Crippen molar-refractivity contribution in [3.63, 3.8) is 0 Å². The van der Waals surface area contributed by atoms with E-state index in [4.69, 9.17) is 0 Å². The predicted octanol–water partition coefficient (Wildman–Crippen LogP) is 1.34. The second-order valence-electron chi connectivity index (χ2n) is 5.68. The van der Waals surface area contributed by atoms with Crippen LogP contribution in [-0.4, -0.2) is 41.3 Å². The van der Waals surface area contributed by atoms with Crippen LogP contribution in [0.2, 0.25) is 0 Å². The van der Waals surface area contributed by atoms with Crippen molar-refractivity contribution in [1.82, 2.24) is 35.4 Å².